The molecule has 18 heavy (non-hydrogen) atoms. The van der Waals surface area contributed by atoms with Gasteiger partial charge in [-0.1, -0.05) is 0 Å². The number of amides is 1. The number of rotatable bonds is 3. The topological polar surface area (TPSA) is 88.5 Å². The Hall–Kier alpha value is -2.02. The van der Waals surface area contributed by atoms with E-state index in [4.69, 9.17) is 9.84 Å². The fourth-order valence-corrected chi connectivity index (χ4v) is 1.71. The molecule has 2 atom stereocenters. The van der Waals surface area contributed by atoms with Gasteiger partial charge in [-0.15, -0.1) is 0 Å². The van der Waals surface area contributed by atoms with Gasteiger partial charge < -0.3 is 15.2 Å². The van der Waals surface area contributed by atoms with Crippen molar-refractivity contribution in [3.63, 3.8) is 0 Å². The largest absolute Gasteiger partial charge is 0.479 e. The fourth-order valence-electron chi connectivity index (χ4n) is 1.71. The minimum Gasteiger partial charge on any atom is -0.479 e. The number of halogens is 1. The molecule has 1 aromatic heterocycles. The number of pyridine rings is 1. The maximum atomic E-state index is 12.8. The number of aromatic nitrogens is 1. The number of hydrogen-bond donors (Lipinski definition) is 2. The molecule has 2 N–H and O–H groups in total. The minimum absolute atomic E-state index is 0.211. The predicted octanol–water partition coefficient (Wildman–Crippen LogP) is 0.791. The zero-order valence-electron chi connectivity index (χ0n) is 9.30. The van der Waals surface area contributed by atoms with Gasteiger partial charge in [-0.3, -0.25) is 9.78 Å². The van der Waals surface area contributed by atoms with E-state index in [0.717, 1.165) is 12.3 Å². The highest BCUT2D eigenvalue weighted by Crippen LogP contribution is 2.21. The van der Waals surface area contributed by atoms with Crippen LogP contribution < -0.4 is 5.32 Å². The lowest BCUT2D eigenvalue weighted by Gasteiger charge is -2.11. The van der Waals surface area contributed by atoms with E-state index in [-0.39, 0.29) is 12.1 Å². The number of aliphatic carboxylic acids is 1. The monoisotopic (exact) mass is 254 g/mol. The molecule has 7 heteroatoms. The van der Waals surface area contributed by atoms with E-state index >= 15 is 0 Å². The average molecular weight is 254 g/mol. The molecule has 1 saturated heterocycles. The summed E-state index contributed by atoms with van der Waals surface area (Å²) in [7, 11) is 0. The Balaban J connectivity index is 1.95. The molecule has 1 aliphatic heterocycles. The molecule has 2 heterocycles. The molecule has 6 nitrogen and oxygen atoms in total. The van der Waals surface area contributed by atoms with Gasteiger partial charge in [0.05, 0.1) is 18.1 Å². The third-order valence-electron chi connectivity index (χ3n) is 2.56. The van der Waals surface area contributed by atoms with Gasteiger partial charge in [0.15, 0.2) is 6.10 Å². The van der Waals surface area contributed by atoms with Crippen LogP contribution >= 0.6 is 0 Å². The van der Waals surface area contributed by atoms with Gasteiger partial charge in [0.1, 0.15) is 11.9 Å². The molecule has 2 unspecified atom stereocenters. The van der Waals surface area contributed by atoms with Crippen LogP contribution in [-0.4, -0.2) is 34.2 Å². The van der Waals surface area contributed by atoms with E-state index in [9.17, 15) is 14.0 Å². The summed E-state index contributed by atoms with van der Waals surface area (Å²) in [4.78, 5) is 26.0. The Labute approximate surface area is 102 Å². The number of anilines is 1. The van der Waals surface area contributed by atoms with E-state index in [2.05, 4.69) is 10.3 Å². The Morgan fingerprint density at radius 3 is 2.72 bits per heavy atom. The van der Waals surface area contributed by atoms with Crippen LogP contribution in [0.5, 0.6) is 0 Å². The zero-order chi connectivity index (χ0) is 13.1. The summed E-state index contributed by atoms with van der Waals surface area (Å²) in [6, 6.07) is 1.12. The van der Waals surface area contributed by atoms with Crippen LogP contribution in [0.1, 0.15) is 12.8 Å². The molecular weight excluding hydrogens is 243 g/mol. The standard InChI is InChI=1S/C11H11FN2O4/c12-6-3-7(5-13-4-6)14-10(15)8-1-2-9(18-8)11(16)17/h3-5,8-9H,1-2H2,(H,14,15)(H,16,17). The second-order valence-electron chi connectivity index (χ2n) is 3.91. The maximum absolute atomic E-state index is 12.8. The molecule has 1 fully saturated rings. The SMILES string of the molecule is O=C(O)C1CCC(C(=O)Nc2cncc(F)c2)O1. The molecule has 1 aromatic rings. The van der Waals surface area contributed by atoms with E-state index in [0.29, 0.717) is 6.42 Å². The van der Waals surface area contributed by atoms with Crippen LogP contribution in [0.25, 0.3) is 0 Å². The van der Waals surface area contributed by atoms with Crippen molar-refractivity contribution in [3.05, 3.63) is 24.3 Å². The highest BCUT2D eigenvalue weighted by atomic mass is 19.1. The number of carboxylic acids is 1. The summed E-state index contributed by atoms with van der Waals surface area (Å²) >= 11 is 0. The van der Waals surface area contributed by atoms with Gasteiger partial charge in [-0.2, -0.15) is 0 Å². The van der Waals surface area contributed by atoms with E-state index in [1.165, 1.54) is 6.20 Å². The van der Waals surface area contributed by atoms with Crippen molar-refractivity contribution in [2.24, 2.45) is 0 Å². The summed E-state index contributed by atoms with van der Waals surface area (Å²) in [6.07, 6.45) is 1.15. The molecule has 0 aliphatic carbocycles. The Morgan fingerprint density at radius 2 is 2.11 bits per heavy atom. The molecule has 96 valence electrons. The van der Waals surface area contributed by atoms with Crippen LogP contribution in [0.2, 0.25) is 0 Å². The molecule has 0 spiro atoms. The molecule has 0 aromatic carbocycles. The number of nitrogens with one attached hydrogen (secondary N) is 1. The number of hydrogen-bond acceptors (Lipinski definition) is 4. The number of carboxylic acid groups (broad SMARTS) is 1. The van der Waals surface area contributed by atoms with Gasteiger partial charge in [-0.25, -0.2) is 9.18 Å². The smallest absolute Gasteiger partial charge is 0.332 e. The van der Waals surface area contributed by atoms with Crippen molar-refractivity contribution < 1.29 is 23.8 Å². The highest BCUT2D eigenvalue weighted by Gasteiger charge is 2.34. The summed E-state index contributed by atoms with van der Waals surface area (Å²) < 4.78 is 17.9. The molecule has 1 aliphatic rings. The van der Waals surface area contributed by atoms with Crippen molar-refractivity contribution in [2.75, 3.05) is 5.32 Å². The van der Waals surface area contributed by atoms with E-state index < -0.39 is 29.9 Å². The lowest BCUT2D eigenvalue weighted by molar-refractivity contribution is -0.150. The number of nitrogens with zero attached hydrogens (tertiary/aromatic N) is 1. The molecule has 0 bridgehead atoms. The molecule has 0 saturated carbocycles. The van der Waals surface area contributed by atoms with Gasteiger partial charge in [0.2, 0.25) is 0 Å². The minimum atomic E-state index is -1.09. The summed E-state index contributed by atoms with van der Waals surface area (Å²) in [5.41, 5.74) is 0.211. The first-order valence-corrected chi connectivity index (χ1v) is 5.36. The lowest BCUT2D eigenvalue weighted by atomic mass is 10.2. The van der Waals surface area contributed by atoms with Crippen molar-refractivity contribution >= 4 is 17.6 Å². The third kappa shape index (κ3) is 2.80. The Kier molecular flexibility index (Phi) is 3.52. The molecule has 0 radical (unpaired) electrons. The normalized spacial score (nSPS) is 22.7. The van der Waals surface area contributed by atoms with Crippen molar-refractivity contribution in [1.29, 1.82) is 0 Å². The number of carbonyl (C=O) groups excluding carboxylic acids is 1. The second-order valence-corrected chi connectivity index (χ2v) is 3.91. The maximum Gasteiger partial charge on any atom is 0.332 e. The van der Waals surface area contributed by atoms with Crippen LogP contribution in [0, 0.1) is 5.82 Å². The lowest BCUT2D eigenvalue weighted by Crippen LogP contribution is -2.30. The van der Waals surface area contributed by atoms with Crippen LogP contribution in [0.15, 0.2) is 18.5 Å². The number of carbonyl (C=O) groups is 2. The first-order valence-electron chi connectivity index (χ1n) is 5.36. The van der Waals surface area contributed by atoms with Crippen molar-refractivity contribution in [1.82, 2.24) is 4.98 Å². The zero-order valence-corrected chi connectivity index (χ0v) is 9.30. The van der Waals surface area contributed by atoms with Gasteiger partial charge in [0.25, 0.3) is 5.91 Å². The fraction of sp³-hybridized carbons (Fsp3) is 0.364. The van der Waals surface area contributed by atoms with Crippen LogP contribution in [0.3, 0.4) is 0 Å². The number of ether oxygens (including phenoxy) is 1. The summed E-state index contributed by atoms with van der Waals surface area (Å²) in [5.74, 6) is -2.15. The second kappa shape index (κ2) is 5.09. The highest BCUT2D eigenvalue weighted by molar-refractivity contribution is 5.94. The van der Waals surface area contributed by atoms with Crippen LogP contribution in [-0.2, 0) is 14.3 Å². The van der Waals surface area contributed by atoms with Gasteiger partial charge in [-0.05, 0) is 12.8 Å². The summed E-state index contributed by atoms with van der Waals surface area (Å²) in [6.45, 7) is 0. The average Bonchev–Trinajstić information content (AvgIpc) is 2.78. The van der Waals surface area contributed by atoms with E-state index in [1.54, 1.807) is 0 Å². The quantitative estimate of drug-likeness (QED) is 0.832. The summed E-state index contributed by atoms with van der Waals surface area (Å²) in [5, 5.41) is 11.1. The predicted molar refractivity (Wildman–Crippen MR) is 58.4 cm³/mol. The van der Waals surface area contributed by atoms with Crippen molar-refractivity contribution in [2.45, 2.75) is 25.0 Å². The molecule has 2 rings (SSSR count). The van der Waals surface area contributed by atoms with Crippen LogP contribution in [0.4, 0.5) is 10.1 Å². The Bertz CT molecular complexity index is 480. The molecular formula is C11H11FN2O4. The van der Waals surface area contributed by atoms with E-state index in [1.807, 2.05) is 0 Å². The third-order valence-corrected chi connectivity index (χ3v) is 2.56. The van der Waals surface area contributed by atoms with Gasteiger partial charge in [0, 0.05) is 6.07 Å². The van der Waals surface area contributed by atoms with Gasteiger partial charge >= 0.3 is 5.97 Å². The molecule has 1 amide bonds. The first kappa shape index (κ1) is 12.4. The van der Waals surface area contributed by atoms with Crippen molar-refractivity contribution in [3.8, 4) is 0 Å². The Morgan fingerprint density at radius 1 is 1.39 bits per heavy atom. The first-order chi connectivity index (χ1) is 8.56.